The summed E-state index contributed by atoms with van der Waals surface area (Å²) in [4.78, 5) is 53.5. The Bertz CT molecular complexity index is 3030. The van der Waals surface area contributed by atoms with E-state index in [-0.39, 0.29) is 72.0 Å². The Morgan fingerprint density at radius 1 is 1.01 bits per heavy atom. The number of nitrogens with one attached hydrogen (secondary N) is 2. The van der Waals surface area contributed by atoms with Crippen molar-refractivity contribution in [2.24, 2.45) is 0 Å². The lowest BCUT2D eigenvalue weighted by Crippen LogP contribution is -2.43. The number of halogens is 2. The molecular formula is C53H57F2N11O4. The third-order valence-electron chi connectivity index (χ3n) is 12.5. The molecular weight excluding hydrogens is 893 g/mol. The predicted octanol–water partition coefficient (Wildman–Crippen LogP) is 9.11. The molecule has 0 saturated heterocycles. The highest BCUT2D eigenvalue weighted by atomic mass is 19.1. The lowest BCUT2D eigenvalue weighted by Gasteiger charge is -2.31. The number of nitrogen functional groups attached to an aromatic ring is 1. The molecule has 1 saturated carbocycles. The Morgan fingerprint density at radius 2 is 1.80 bits per heavy atom. The van der Waals surface area contributed by atoms with Gasteiger partial charge in [0.05, 0.1) is 42.4 Å². The molecule has 7 aromatic rings. The van der Waals surface area contributed by atoms with E-state index >= 15 is 8.78 Å². The fourth-order valence-corrected chi connectivity index (χ4v) is 8.31. The molecule has 1 aliphatic rings. The molecule has 8 rings (SSSR count). The first-order valence-electron chi connectivity index (χ1n) is 23.3. The molecule has 362 valence electrons. The Hall–Kier alpha value is -7.79. The Labute approximate surface area is 405 Å². The second-order valence-electron chi connectivity index (χ2n) is 17.8. The van der Waals surface area contributed by atoms with Crippen molar-refractivity contribution in [3.8, 4) is 28.3 Å². The van der Waals surface area contributed by atoms with Crippen molar-refractivity contribution in [2.45, 2.75) is 71.5 Å². The van der Waals surface area contributed by atoms with Gasteiger partial charge in [0.2, 0.25) is 5.95 Å². The third-order valence-corrected chi connectivity index (χ3v) is 12.5. The van der Waals surface area contributed by atoms with Crippen LogP contribution in [0.4, 0.5) is 32.1 Å². The number of likely N-dealkylation sites (N-methyl/N-ethyl adjacent to an activating group) is 1. The van der Waals surface area contributed by atoms with Crippen LogP contribution in [0.2, 0.25) is 0 Å². The SMILES string of the molecule is C=C(CN(c1nc(NCc2ccc(-c3ccccn3)cc2)c2ccn(C(C)C)c2n1)[C@H](CC)CO)C(=O)N(C)CCOc1c(N)ncnc1-c1cc(F)cc(NC(=O)c2ccc(C3CC3)cc2F)c1C. The first-order chi connectivity index (χ1) is 33.7. The van der Waals surface area contributed by atoms with Crippen molar-refractivity contribution in [2.75, 3.05) is 54.6 Å². The van der Waals surface area contributed by atoms with E-state index in [2.05, 4.69) is 50.6 Å². The molecule has 70 heavy (non-hydrogen) atoms. The number of amides is 2. The van der Waals surface area contributed by atoms with E-state index in [1.807, 2.05) is 66.6 Å². The Balaban J connectivity index is 0.963. The van der Waals surface area contributed by atoms with Crippen LogP contribution in [0, 0.1) is 18.6 Å². The van der Waals surface area contributed by atoms with Crippen molar-refractivity contribution >= 4 is 46.1 Å². The molecule has 0 spiro atoms. The molecule has 1 atom stereocenters. The molecule has 4 aromatic heterocycles. The minimum Gasteiger partial charge on any atom is -0.486 e. The van der Waals surface area contributed by atoms with Gasteiger partial charge in [-0.3, -0.25) is 14.6 Å². The molecule has 0 unspecified atom stereocenters. The van der Waals surface area contributed by atoms with Gasteiger partial charge < -0.3 is 40.6 Å². The first kappa shape index (κ1) is 48.7. The first-order valence-corrected chi connectivity index (χ1v) is 23.3. The topological polar surface area (TPSA) is 190 Å². The summed E-state index contributed by atoms with van der Waals surface area (Å²) in [7, 11) is 1.60. The second-order valence-corrected chi connectivity index (χ2v) is 17.8. The van der Waals surface area contributed by atoms with Gasteiger partial charge in [0, 0.05) is 54.4 Å². The highest BCUT2D eigenvalue weighted by Gasteiger charge is 2.28. The van der Waals surface area contributed by atoms with Gasteiger partial charge in [-0.15, -0.1) is 0 Å². The summed E-state index contributed by atoms with van der Waals surface area (Å²) in [6, 6.07) is 22.5. The Morgan fingerprint density at radius 3 is 2.49 bits per heavy atom. The lowest BCUT2D eigenvalue weighted by molar-refractivity contribution is -0.126. The van der Waals surface area contributed by atoms with Crippen molar-refractivity contribution < 1.29 is 28.2 Å². The average Bonchev–Trinajstić information content (AvgIpc) is 4.12. The van der Waals surface area contributed by atoms with Crippen LogP contribution in [0.25, 0.3) is 33.5 Å². The quantitative estimate of drug-likeness (QED) is 0.0532. The number of ether oxygens (including phenoxy) is 1. The summed E-state index contributed by atoms with van der Waals surface area (Å²) in [6.45, 7) is 12.2. The number of hydrogen-bond donors (Lipinski definition) is 4. The number of nitrogens with zero attached hydrogens (tertiary/aromatic N) is 8. The molecule has 0 bridgehead atoms. The molecule has 15 nitrogen and oxygen atoms in total. The monoisotopic (exact) mass is 949 g/mol. The number of pyridine rings is 1. The van der Waals surface area contributed by atoms with Gasteiger partial charge in [-0.05, 0) is 105 Å². The number of aromatic nitrogens is 6. The van der Waals surface area contributed by atoms with Gasteiger partial charge in [0.1, 0.15) is 41.7 Å². The summed E-state index contributed by atoms with van der Waals surface area (Å²) in [6.07, 6.45) is 7.45. The second kappa shape index (κ2) is 21.2. The lowest BCUT2D eigenvalue weighted by atomic mass is 10.0. The molecule has 1 aliphatic carbocycles. The number of fused-ring (bicyclic) bond motifs is 1. The molecule has 1 fully saturated rings. The van der Waals surface area contributed by atoms with E-state index in [1.165, 1.54) is 29.4 Å². The van der Waals surface area contributed by atoms with Crippen molar-refractivity contribution in [1.29, 1.82) is 0 Å². The average molecular weight is 950 g/mol. The maximum absolute atomic E-state index is 15.3. The molecule has 5 N–H and O–H groups in total. The smallest absolute Gasteiger partial charge is 0.258 e. The van der Waals surface area contributed by atoms with E-state index in [0.717, 1.165) is 46.7 Å². The number of anilines is 4. The highest BCUT2D eigenvalue weighted by Crippen LogP contribution is 2.41. The number of carbonyl (C=O) groups excluding carboxylic acids is 2. The maximum Gasteiger partial charge on any atom is 0.258 e. The van der Waals surface area contributed by atoms with E-state index in [1.54, 1.807) is 26.2 Å². The summed E-state index contributed by atoms with van der Waals surface area (Å²) in [5, 5.41) is 17.6. The number of aliphatic hydroxyl groups is 1. The summed E-state index contributed by atoms with van der Waals surface area (Å²) < 4.78 is 38.5. The van der Waals surface area contributed by atoms with Gasteiger partial charge in [-0.1, -0.05) is 49.9 Å². The van der Waals surface area contributed by atoms with Crippen LogP contribution in [0.1, 0.15) is 79.0 Å². The van der Waals surface area contributed by atoms with E-state index in [9.17, 15) is 14.7 Å². The molecule has 3 aromatic carbocycles. The molecule has 4 heterocycles. The summed E-state index contributed by atoms with van der Waals surface area (Å²) in [5.74, 6) is -1.24. The van der Waals surface area contributed by atoms with Crippen molar-refractivity contribution in [1.82, 2.24) is 34.4 Å². The summed E-state index contributed by atoms with van der Waals surface area (Å²) in [5.41, 5.74) is 11.7. The van der Waals surface area contributed by atoms with Crippen molar-refractivity contribution in [3.63, 3.8) is 0 Å². The molecule has 0 aliphatic heterocycles. The van der Waals surface area contributed by atoms with Gasteiger partial charge in [0.25, 0.3) is 11.8 Å². The van der Waals surface area contributed by atoms with Crippen LogP contribution < -0.4 is 26.0 Å². The minimum atomic E-state index is -0.732. The molecule has 0 radical (unpaired) electrons. The standard InChI is InChI=1S/C53H57F2N11O4/c1-7-39(29-67)66(53-62-49(41-19-21-65(31(2)3)50(41)63-53)58-27-34-11-13-36(14-12-34)44-10-8-9-20-57-44)28-32(4)52(69)64(6)22-23-70-47-46(59-30-60-48(47)56)42-25-38(54)26-45(33(42)5)61-51(68)40-18-17-37(24-43(40)55)35-15-16-35/h8-14,17-21,24-26,30-31,35,39,67H,4,7,15-16,22-23,27-29H2,1-3,5-6H3,(H,61,68)(H2,56,59,60)(H,58,62,63)/t39-/m1/s1. The minimum absolute atomic E-state index is 0.00513. The number of nitrogens with two attached hydrogens (primary N) is 1. The fourth-order valence-electron chi connectivity index (χ4n) is 8.31. The normalized spacial score (nSPS) is 12.8. The molecule has 17 heteroatoms. The highest BCUT2D eigenvalue weighted by molar-refractivity contribution is 6.05. The largest absolute Gasteiger partial charge is 0.486 e. The van der Waals surface area contributed by atoms with Crippen LogP contribution in [0.5, 0.6) is 5.75 Å². The van der Waals surface area contributed by atoms with Gasteiger partial charge in [-0.2, -0.15) is 9.97 Å². The number of benzene rings is 3. The fraction of sp³-hybridized carbons (Fsp3) is 0.302. The Kier molecular flexibility index (Phi) is 14.8. The number of carbonyl (C=O) groups is 2. The van der Waals surface area contributed by atoms with Gasteiger partial charge in [0.15, 0.2) is 11.6 Å². The third kappa shape index (κ3) is 10.7. The number of rotatable bonds is 20. The predicted molar refractivity (Wildman–Crippen MR) is 269 cm³/mol. The van der Waals surface area contributed by atoms with Crippen LogP contribution in [0.3, 0.4) is 0 Å². The number of hydrogen-bond acceptors (Lipinski definition) is 12. The van der Waals surface area contributed by atoms with Crippen LogP contribution in [0.15, 0.2) is 110 Å². The van der Waals surface area contributed by atoms with Crippen molar-refractivity contribution in [3.05, 3.63) is 144 Å². The zero-order chi connectivity index (χ0) is 49.6. The zero-order valence-corrected chi connectivity index (χ0v) is 39.9. The van der Waals surface area contributed by atoms with Crippen LogP contribution in [-0.4, -0.2) is 90.7 Å². The summed E-state index contributed by atoms with van der Waals surface area (Å²) >= 11 is 0. The van der Waals surface area contributed by atoms with E-state index < -0.39 is 29.5 Å². The van der Waals surface area contributed by atoms with Gasteiger partial charge in [-0.25, -0.2) is 18.7 Å². The van der Waals surface area contributed by atoms with Crippen LogP contribution >= 0.6 is 0 Å². The van der Waals surface area contributed by atoms with E-state index in [0.29, 0.717) is 41.9 Å². The maximum atomic E-state index is 15.3. The van der Waals surface area contributed by atoms with E-state index in [4.69, 9.17) is 20.4 Å². The molecule has 2 amide bonds. The number of aliphatic hydroxyl groups excluding tert-OH is 1. The van der Waals surface area contributed by atoms with Gasteiger partial charge >= 0.3 is 0 Å². The zero-order valence-electron chi connectivity index (χ0n) is 39.9. The van der Waals surface area contributed by atoms with Crippen LogP contribution in [-0.2, 0) is 11.3 Å².